The first-order chi connectivity index (χ1) is 11.0. The Kier molecular flexibility index (Phi) is 6.39. The lowest BCUT2D eigenvalue weighted by Gasteiger charge is -2.32. The lowest BCUT2D eigenvalue weighted by atomic mass is 9.80. The van der Waals surface area contributed by atoms with Gasteiger partial charge in [-0.25, -0.2) is 0 Å². The van der Waals surface area contributed by atoms with Crippen molar-refractivity contribution >= 4 is 11.7 Å². The van der Waals surface area contributed by atoms with Gasteiger partial charge in [-0.15, -0.1) is 6.58 Å². The molecule has 0 aromatic carbocycles. The molecule has 5 heteroatoms. The van der Waals surface area contributed by atoms with Crippen LogP contribution in [-0.4, -0.2) is 48.8 Å². The van der Waals surface area contributed by atoms with Crippen LogP contribution in [0.5, 0.6) is 0 Å². The highest BCUT2D eigenvalue weighted by atomic mass is 16.2. The third-order valence-corrected chi connectivity index (χ3v) is 5.02. The Balaban J connectivity index is 1.97. The Morgan fingerprint density at radius 3 is 2.57 bits per heavy atom. The maximum atomic E-state index is 12.5. The van der Waals surface area contributed by atoms with Gasteiger partial charge in [0.2, 0.25) is 5.78 Å². The molecule has 1 amide bonds. The molecule has 1 aliphatic heterocycles. The molecular formula is C18H29N3O2. The van der Waals surface area contributed by atoms with Crippen molar-refractivity contribution in [1.29, 1.82) is 0 Å². The van der Waals surface area contributed by atoms with Crippen LogP contribution in [0.2, 0.25) is 0 Å². The summed E-state index contributed by atoms with van der Waals surface area (Å²) in [5, 5.41) is 5.86. The van der Waals surface area contributed by atoms with Gasteiger partial charge in [-0.2, -0.15) is 0 Å². The van der Waals surface area contributed by atoms with Crippen molar-refractivity contribution in [1.82, 2.24) is 15.5 Å². The highest BCUT2D eigenvalue weighted by Gasteiger charge is 2.32. The number of ketones is 1. The van der Waals surface area contributed by atoms with Gasteiger partial charge in [-0.1, -0.05) is 31.9 Å². The number of likely N-dealkylation sites (tertiary alicyclic amines) is 1. The average molecular weight is 319 g/mol. The highest BCUT2D eigenvalue weighted by molar-refractivity contribution is 6.38. The van der Waals surface area contributed by atoms with Crippen molar-refractivity contribution in [3.05, 3.63) is 24.9 Å². The minimum Gasteiger partial charge on any atom is -0.377 e. The predicted octanol–water partition coefficient (Wildman–Crippen LogP) is 1.61. The summed E-state index contributed by atoms with van der Waals surface area (Å²) in [4.78, 5) is 26.8. The zero-order valence-electron chi connectivity index (χ0n) is 14.1. The van der Waals surface area contributed by atoms with Crippen LogP contribution in [0.1, 0.15) is 38.5 Å². The normalized spacial score (nSPS) is 22.9. The largest absolute Gasteiger partial charge is 0.377 e. The van der Waals surface area contributed by atoms with Crippen molar-refractivity contribution in [3.8, 4) is 0 Å². The van der Waals surface area contributed by atoms with Crippen molar-refractivity contribution in [3.63, 3.8) is 0 Å². The van der Waals surface area contributed by atoms with Crippen LogP contribution in [0, 0.1) is 5.92 Å². The summed E-state index contributed by atoms with van der Waals surface area (Å²) in [6.45, 7) is 9.04. The Morgan fingerprint density at radius 2 is 2.04 bits per heavy atom. The number of hydrogen-bond acceptors (Lipinski definition) is 4. The molecule has 128 valence electrons. The first-order valence-corrected chi connectivity index (χ1v) is 8.61. The lowest BCUT2D eigenvalue weighted by molar-refractivity contribution is -0.139. The Bertz CT molecular complexity index is 471. The second-order valence-electron chi connectivity index (χ2n) is 6.76. The molecule has 2 rings (SSSR count). The molecule has 1 saturated heterocycles. The van der Waals surface area contributed by atoms with Gasteiger partial charge in [-0.05, 0) is 38.8 Å². The van der Waals surface area contributed by atoms with Crippen molar-refractivity contribution < 1.29 is 9.59 Å². The van der Waals surface area contributed by atoms with Gasteiger partial charge in [0.15, 0.2) is 0 Å². The van der Waals surface area contributed by atoms with E-state index < -0.39 is 11.9 Å². The van der Waals surface area contributed by atoms with Crippen LogP contribution in [0.25, 0.3) is 0 Å². The second kappa shape index (κ2) is 8.29. The van der Waals surface area contributed by atoms with Crippen LogP contribution in [-0.2, 0) is 9.59 Å². The summed E-state index contributed by atoms with van der Waals surface area (Å²) in [5.41, 5.74) is 0.860. The van der Waals surface area contributed by atoms with Gasteiger partial charge < -0.3 is 10.6 Å². The van der Waals surface area contributed by atoms with E-state index in [1.165, 1.54) is 6.42 Å². The molecular weight excluding hydrogens is 290 g/mol. The number of carbonyl (C=O) groups excluding carboxylic acids is 2. The van der Waals surface area contributed by atoms with Crippen LogP contribution in [0.15, 0.2) is 24.9 Å². The van der Waals surface area contributed by atoms with Gasteiger partial charge in [0.05, 0.1) is 6.04 Å². The van der Waals surface area contributed by atoms with Crippen molar-refractivity contribution in [2.75, 3.05) is 20.1 Å². The minimum absolute atomic E-state index is 0.253. The SMILES string of the molecule is C=CCNC(=O)C(=O)C(CC1CCC1)NC(=C)C1CCCN1C. The molecule has 2 fully saturated rings. The van der Waals surface area contributed by atoms with Crippen LogP contribution in [0.3, 0.4) is 0 Å². The quantitative estimate of drug-likeness (QED) is 0.501. The summed E-state index contributed by atoms with van der Waals surface area (Å²) >= 11 is 0. The van der Waals surface area contributed by atoms with E-state index in [2.05, 4.69) is 35.7 Å². The zero-order valence-corrected chi connectivity index (χ0v) is 14.1. The summed E-state index contributed by atoms with van der Waals surface area (Å²) in [6, 6.07) is -0.213. The number of Topliss-reactive ketones (excluding diaryl/α,β-unsaturated/α-hetero) is 1. The minimum atomic E-state index is -0.533. The molecule has 1 saturated carbocycles. The second-order valence-corrected chi connectivity index (χ2v) is 6.76. The van der Waals surface area contributed by atoms with E-state index in [1.54, 1.807) is 6.08 Å². The maximum absolute atomic E-state index is 12.5. The maximum Gasteiger partial charge on any atom is 0.289 e. The summed E-state index contributed by atoms with van der Waals surface area (Å²) in [7, 11) is 2.07. The molecule has 2 N–H and O–H groups in total. The molecule has 2 atom stereocenters. The van der Waals surface area contributed by atoms with E-state index in [1.807, 2.05) is 0 Å². The number of rotatable bonds is 9. The van der Waals surface area contributed by atoms with E-state index >= 15 is 0 Å². The number of likely N-dealkylation sites (N-methyl/N-ethyl adjacent to an activating group) is 1. The van der Waals surface area contributed by atoms with E-state index in [-0.39, 0.29) is 11.8 Å². The van der Waals surface area contributed by atoms with Crippen molar-refractivity contribution in [2.24, 2.45) is 5.92 Å². The van der Waals surface area contributed by atoms with Crippen LogP contribution < -0.4 is 10.6 Å². The van der Waals surface area contributed by atoms with Gasteiger partial charge in [-0.3, -0.25) is 14.5 Å². The average Bonchev–Trinajstić information content (AvgIpc) is 2.92. The third kappa shape index (κ3) is 4.67. The molecule has 0 radical (unpaired) electrons. The molecule has 0 bridgehead atoms. The summed E-state index contributed by atoms with van der Waals surface area (Å²) in [6.07, 6.45) is 8.01. The van der Waals surface area contributed by atoms with Gasteiger partial charge >= 0.3 is 0 Å². The number of nitrogens with one attached hydrogen (secondary N) is 2. The number of carbonyl (C=O) groups is 2. The van der Waals surface area contributed by atoms with Crippen LogP contribution >= 0.6 is 0 Å². The number of nitrogens with zero attached hydrogens (tertiary/aromatic N) is 1. The van der Waals surface area contributed by atoms with E-state index in [9.17, 15) is 9.59 Å². The fraction of sp³-hybridized carbons (Fsp3) is 0.667. The standard InChI is InChI=1S/C18H29N3O2/c1-4-10-19-18(23)17(22)15(12-14-7-5-8-14)20-13(2)16-9-6-11-21(16)3/h4,14-16,20H,1-2,5-12H2,3H3,(H,19,23). The van der Waals surface area contributed by atoms with Gasteiger partial charge in [0.25, 0.3) is 5.91 Å². The number of amides is 1. The molecule has 0 aromatic rings. The zero-order chi connectivity index (χ0) is 16.8. The molecule has 2 aliphatic rings. The summed E-state index contributed by atoms with van der Waals surface area (Å²) < 4.78 is 0. The van der Waals surface area contributed by atoms with E-state index in [0.717, 1.165) is 44.3 Å². The lowest BCUT2D eigenvalue weighted by Crippen LogP contribution is -2.48. The molecule has 2 unspecified atom stereocenters. The fourth-order valence-corrected chi connectivity index (χ4v) is 3.37. The monoisotopic (exact) mass is 319 g/mol. The Labute approximate surface area is 139 Å². The van der Waals surface area contributed by atoms with Gasteiger partial charge in [0.1, 0.15) is 0 Å². The molecule has 1 aliphatic carbocycles. The molecule has 23 heavy (non-hydrogen) atoms. The molecule has 5 nitrogen and oxygen atoms in total. The topological polar surface area (TPSA) is 61.4 Å². The van der Waals surface area contributed by atoms with Crippen molar-refractivity contribution in [2.45, 2.75) is 50.6 Å². The molecule has 0 aromatic heterocycles. The molecule has 0 spiro atoms. The Hall–Kier alpha value is -1.62. The van der Waals surface area contributed by atoms with Crippen LogP contribution in [0.4, 0.5) is 0 Å². The summed E-state index contributed by atoms with van der Waals surface area (Å²) in [5.74, 6) is -0.382. The van der Waals surface area contributed by atoms with E-state index in [4.69, 9.17) is 0 Å². The third-order valence-electron chi connectivity index (χ3n) is 5.02. The first-order valence-electron chi connectivity index (χ1n) is 8.61. The highest BCUT2D eigenvalue weighted by Crippen LogP contribution is 2.31. The number of hydrogen-bond donors (Lipinski definition) is 2. The Morgan fingerprint density at radius 1 is 1.30 bits per heavy atom. The van der Waals surface area contributed by atoms with Gasteiger partial charge in [0, 0.05) is 18.3 Å². The smallest absolute Gasteiger partial charge is 0.289 e. The predicted molar refractivity (Wildman–Crippen MR) is 91.9 cm³/mol. The first kappa shape index (κ1) is 17.7. The van der Waals surface area contributed by atoms with E-state index in [0.29, 0.717) is 12.5 Å². The molecule has 1 heterocycles. The fourth-order valence-electron chi connectivity index (χ4n) is 3.37.